The van der Waals surface area contributed by atoms with Crippen LogP contribution in [0.2, 0.25) is 0 Å². The van der Waals surface area contributed by atoms with Crippen LogP contribution < -0.4 is 5.32 Å². The van der Waals surface area contributed by atoms with Crippen LogP contribution in [0.25, 0.3) is 0 Å². The maximum Gasteiger partial charge on any atom is 0.274 e. The van der Waals surface area contributed by atoms with Gasteiger partial charge in [0.1, 0.15) is 5.76 Å². The Balaban J connectivity index is 1.42. The van der Waals surface area contributed by atoms with Gasteiger partial charge in [-0.1, -0.05) is 5.16 Å². The van der Waals surface area contributed by atoms with Gasteiger partial charge in [-0.25, -0.2) is 0 Å². The Morgan fingerprint density at radius 2 is 2.35 bits per heavy atom. The summed E-state index contributed by atoms with van der Waals surface area (Å²) in [6, 6.07) is 0.330. The van der Waals surface area contributed by atoms with E-state index >= 15 is 0 Å². The molecular formula is C18H25N5O3. The van der Waals surface area contributed by atoms with Crippen LogP contribution in [0, 0.1) is 0 Å². The first-order valence-corrected chi connectivity index (χ1v) is 9.19. The van der Waals surface area contributed by atoms with Gasteiger partial charge in [0.2, 0.25) is 0 Å². The van der Waals surface area contributed by atoms with E-state index in [9.17, 15) is 4.79 Å². The normalized spacial score (nSPS) is 23.6. The van der Waals surface area contributed by atoms with Crippen molar-refractivity contribution in [3.05, 3.63) is 35.0 Å². The zero-order valence-electron chi connectivity index (χ0n) is 15.3. The molecule has 2 aliphatic rings. The van der Waals surface area contributed by atoms with Crippen LogP contribution in [-0.4, -0.2) is 51.0 Å². The topological polar surface area (TPSA) is 85.4 Å². The number of likely N-dealkylation sites (tertiary alicyclic amines) is 1. The summed E-state index contributed by atoms with van der Waals surface area (Å²) in [6.07, 6.45) is 6.63. The van der Waals surface area contributed by atoms with Gasteiger partial charge in [0.25, 0.3) is 5.91 Å². The van der Waals surface area contributed by atoms with Crippen LogP contribution in [0.3, 0.4) is 0 Å². The Labute approximate surface area is 152 Å². The predicted molar refractivity (Wildman–Crippen MR) is 93.4 cm³/mol. The highest BCUT2D eigenvalue weighted by Crippen LogP contribution is 2.23. The SMILES string of the molecule is CC1C(NC(=O)c2noc3c2COCC3)CCCN1Cc1cnn(C)c1. The lowest BCUT2D eigenvalue weighted by Gasteiger charge is -2.39. The highest BCUT2D eigenvalue weighted by Gasteiger charge is 2.32. The van der Waals surface area contributed by atoms with E-state index < -0.39 is 0 Å². The molecule has 4 heterocycles. The minimum atomic E-state index is -0.166. The van der Waals surface area contributed by atoms with Gasteiger partial charge in [-0.2, -0.15) is 5.10 Å². The Bertz CT molecular complexity index is 784. The van der Waals surface area contributed by atoms with Crippen molar-refractivity contribution in [2.24, 2.45) is 7.05 Å². The number of hydrogen-bond acceptors (Lipinski definition) is 6. The van der Waals surface area contributed by atoms with Crippen LogP contribution in [-0.2, 0) is 31.4 Å². The lowest BCUT2D eigenvalue weighted by Crippen LogP contribution is -2.53. The van der Waals surface area contributed by atoms with Crippen molar-refractivity contribution in [3.63, 3.8) is 0 Å². The fraction of sp³-hybridized carbons (Fsp3) is 0.611. The van der Waals surface area contributed by atoms with E-state index in [1.807, 2.05) is 24.1 Å². The van der Waals surface area contributed by atoms with E-state index in [0.29, 0.717) is 25.3 Å². The summed E-state index contributed by atoms with van der Waals surface area (Å²) in [5.74, 6) is 0.608. The van der Waals surface area contributed by atoms with Gasteiger partial charge in [-0.05, 0) is 26.3 Å². The molecule has 0 spiro atoms. The number of hydrogen-bond donors (Lipinski definition) is 1. The van der Waals surface area contributed by atoms with E-state index in [2.05, 4.69) is 27.4 Å². The number of piperidine rings is 1. The highest BCUT2D eigenvalue weighted by molar-refractivity contribution is 5.94. The number of aromatic nitrogens is 3. The van der Waals surface area contributed by atoms with E-state index in [1.165, 1.54) is 5.56 Å². The molecule has 2 atom stereocenters. The van der Waals surface area contributed by atoms with Gasteiger partial charge >= 0.3 is 0 Å². The summed E-state index contributed by atoms with van der Waals surface area (Å²) in [7, 11) is 1.93. The molecule has 2 aromatic rings. The molecule has 0 radical (unpaired) electrons. The summed E-state index contributed by atoms with van der Waals surface area (Å²) < 4.78 is 12.6. The molecule has 140 valence electrons. The molecule has 1 fully saturated rings. The molecule has 0 bridgehead atoms. The molecule has 2 aromatic heterocycles. The van der Waals surface area contributed by atoms with Crippen LogP contribution in [0.5, 0.6) is 0 Å². The van der Waals surface area contributed by atoms with Crippen molar-refractivity contribution in [2.45, 2.75) is 51.4 Å². The first-order chi connectivity index (χ1) is 12.6. The standard InChI is InChI=1S/C18H25N5O3/c1-12-15(4-3-6-23(12)10-13-8-19-22(2)9-13)20-18(24)17-14-11-25-7-5-16(14)26-21-17/h8-9,12,15H,3-7,10-11H2,1-2H3,(H,20,24). The number of ether oxygens (including phenoxy) is 1. The number of rotatable bonds is 4. The van der Waals surface area contributed by atoms with Gasteiger partial charge in [-0.15, -0.1) is 0 Å². The summed E-state index contributed by atoms with van der Waals surface area (Å²) in [4.78, 5) is 15.1. The highest BCUT2D eigenvalue weighted by atomic mass is 16.5. The van der Waals surface area contributed by atoms with Crippen molar-refractivity contribution in [1.29, 1.82) is 0 Å². The molecule has 2 aliphatic heterocycles. The van der Waals surface area contributed by atoms with Crippen molar-refractivity contribution in [2.75, 3.05) is 13.2 Å². The number of aryl methyl sites for hydroxylation is 1. The van der Waals surface area contributed by atoms with Gasteiger partial charge in [0.05, 0.1) is 25.0 Å². The van der Waals surface area contributed by atoms with E-state index in [0.717, 1.165) is 37.3 Å². The van der Waals surface area contributed by atoms with Crippen LogP contribution in [0.15, 0.2) is 16.9 Å². The molecule has 8 heteroatoms. The molecule has 2 unspecified atom stereocenters. The van der Waals surface area contributed by atoms with Crippen LogP contribution in [0.4, 0.5) is 0 Å². The Hall–Kier alpha value is -2.19. The van der Waals surface area contributed by atoms with Gasteiger partial charge in [0, 0.05) is 43.9 Å². The number of fused-ring (bicyclic) bond motifs is 1. The van der Waals surface area contributed by atoms with Crippen molar-refractivity contribution >= 4 is 5.91 Å². The Morgan fingerprint density at radius 1 is 1.46 bits per heavy atom. The summed E-state index contributed by atoms with van der Waals surface area (Å²) in [5, 5.41) is 11.4. The van der Waals surface area contributed by atoms with E-state index in [-0.39, 0.29) is 18.0 Å². The minimum absolute atomic E-state index is 0.0878. The van der Waals surface area contributed by atoms with Crippen LogP contribution in [0.1, 0.15) is 47.1 Å². The number of nitrogens with zero attached hydrogens (tertiary/aromatic N) is 4. The third-order valence-corrected chi connectivity index (χ3v) is 5.38. The van der Waals surface area contributed by atoms with Crippen molar-refractivity contribution in [3.8, 4) is 0 Å². The molecule has 26 heavy (non-hydrogen) atoms. The van der Waals surface area contributed by atoms with Crippen LogP contribution >= 0.6 is 0 Å². The maximum atomic E-state index is 12.7. The summed E-state index contributed by atoms with van der Waals surface area (Å²) >= 11 is 0. The molecule has 1 N–H and O–H groups in total. The first-order valence-electron chi connectivity index (χ1n) is 9.19. The lowest BCUT2D eigenvalue weighted by molar-refractivity contribution is 0.0799. The third-order valence-electron chi connectivity index (χ3n) is 5.38. The van der Waals surface area contributed by atoms with Gasteiger partial charge < -0.3 is 14.6 Å². The van der Waals surface area contributed by atoms with E-state index in [4.69, 9.17) is 9.26 Å². The second-order valence-corrected chi connectivity index (χ2v) is 7.19. The quantitative estimate of drug-likeness (QED) is 0.885. The zero-order valence-corrected chi connectivity index (χ0v) is 15.3. The Morgan fingerprint density at radius 3 is 3.15 bits per heavy atom. The molecular weight excluding hydrogens is 334 g/mol. The van der Waals surface area contributed by atoms with E-state index in [1.54, 1.807) is 0 Å². The first kappa shape index (κ1) is 17.2. The number of nitrogens with one attached hydrogen (secondary N) is 1. The average molecular weight is 359 g/mol. The largest absolute Gasteiger partial charge is 0.376 e. The molecule has 0 saturated carbocycles. The molecule has 8 nitrogen and oxygen atoms in total. The number of carbonyl (C=O) groups is 1. The van der Waals surface area contributed by atoms with Crippen molar-refractivity contribution in [1.82, 2.24) is 25.2 Å². The fourth-order valence-electron chi connectivity index (χ4n) is 3.86. The molecule has 4 rings (SSSR count). The molecule has 0 aromatic carbocycles. The third kappa shape index (κ3) is 3.39. The number of carbonyl (C=O) groups excluding carboxylic acids is 1. The monoisotopic (exact) mass is 359 g/mol. The second-order valence-electron chi connectivity index (χ2n) is 7.19. The molecule has 1 saturated heterocycles. The number of amides is 1. The maximum absolute atomic E-state index is 12.7. The molecule has 0 aliphatic carbocycles. The fourth-order valence-corrected chi connectivity index (χ4v) is 3.86. The molecule has 1 amide bonds. The van der Waals surface area contributed by atoms with Crippen molar-refractivity contribution < 1.29 is 14.1 Å². The predicted octanol–water partition coefficient (Wildman–Crippen LogP) is 1.26. The summed E-state index contributed by atoms with van der Waals surface area (Å²) in [6.45, 7) is 5.05. The zero-order chi connectivity index (χ0) is 18.1. The average Bonchev–Trinajstić information content (AvgIpc) is 3.24. The van der Waals surface area contributed by atoms with Gasteiger partial charge in [-0.3, -0.25) is 14.4 Å². The van der Waals surface area contributed by atoms with Gasteiger partial charge in [0.15, 0.2) is 5.69 Å². The lowest BCUT2D eigenvalue weighted by atomic mass is 9.96. The second kappa shape index (κ2) is 7.20. The summed E-state index contributed by atoms with van der Waals surface area (Å²) in [5.41, 5.74) is 2.36. The minimum Gasteiger partial charge on any atom is -0.376 e. The smallest absolute Gasteiger partial charge is 0.274 e. The Kier molecular flexibility index (Phi) is 4.78.